The van der Waals surface area contributed by atoms with Crippen molar-refractivity contribution in [3.05, 3.63) is 0 Å². The third kappa shape index (κ3) is 5.82. The van der Waals surface area contributed by atoms with Crippen molar-refractivity contribution < 1.29 is 39.8 Å². The normalized spacial score (nSPS) is 18.7. The van der Waals surface area contributed by atoms with Gasteiger partial charge in [-0.2, -0.15) is 21.6 Å². The van der Waals surface area contributed by atoms with E-state index < -0.39 is 35.7 Å². The third-order valence-electron chi connectivity index (χ3n) is 1.57. The summed E-state index contributed by atoms with van der Waals surface area (Å²) in [4.78, 5) is 9.02. The van der Waals surface area contributed by atoms with Crippen molar-refractivity contribution in [1.29, 1.82) is 0 Å². The van der Waals surface area contributed by atoms with Gasteiger partial charge in [0.25, 0.3) is 0 Å². The minimum atomic E-state index is -5.89. The monoisotopic (exact) mass is 300 g/mol. The Labute approximate surface area is 96.4 Å². The molecule has 0 aromatic carbocycles. The summed E-state index contributed by atoms with van der Waals surface area (Å²) >= 11 is 0. The smallest absolute Gasteiger partial charge is 0.323 e. The standard InChI is InChI=1S/C6H12F3O6PS/c1-3-5(2)15-16(10,11)4-14-17(12,13)6(7,8)9/h5H,3-4H2,1-2H3,(H,10,11). The predicted octanol–water partition coefficient (Wildman–Crippen LogP) is 1.81. The minimum Gasteiger partial charge on any atom is -0.323 e. The fourth-order valence-corrected chi connectivity index (χ4v) is 2.58. The number of alkyl halides is 3. The molecule has 2 unspecified atom stereocenters. The predicted molar refractivity (Wildman–Crippen MR) is 51.6 cm³/mol. The Balaban J connectivity index is 4.53. The molecule has 0 aliphatic rings. The van der Waals surface area contributed by atoms with Crippen molar-refractivity contribution in [2.75, 3.05) is 6.35 Å². The van der Waals surface area contributed by atoms with E-state index in [1.54, 1.807) is 6.92 Å². The molecule has 1 N–H and O–H groups in total. The highest BCUT2D eigenvalue weighted by molar-refractivity contribution is 7.87. The number of hydrogen-bond acceptors (Lipinski definition) is 5. The van der Waals surface area contributed by atoms with Gasteiger partial charge in [0.2, 0.25) is 0 Å². The van der Waals surface area contributed by atoms with E-state index in [4.69, 9.17) is 4.89 Å². The molecule has 0 heterocycles. The number of rotatable bonds is 6. The Hall–Kier alpha value is -0.150. The maximum Gasteiger partial charge on any atom is 0.523 e. The first-order valence-corrected chi connectivity index (χ1v) is 7.54. The van der Waals surface area contributed by atoms with Crippen LogP contribution in [0.3, 0.4) is 0 Å². The van der Waals surface area contributed by atoms with Crippen molar-refractivity contribution in [3.8, 4) is 0 Å². The Kier molecular flexibility index (Phi) is 5.61. The summed E-state index contributed by atoms with van der Waals surface area (Å²) in [6.07, 6.45) is -1.95. The highest BCUT2D eigenvalue weighted by Crippen LogP contribution is 2.44. The molecule has 0 spiro atoms. The molecule has 0 aliphatic heterocycles. The van der Waals surface area contributed by atoms with Crippen molar-refractivity contribution in [2.45, 2.75) is 31.9 Å². The van der Waals surface area contributed by atoms with Gasteiger partial charge in [-0.05, 0) is 13.3 Å². The van der Waals surface area contributed by atoms with Crippen LogP contribution < -0.4 is 0 Å². The van der Waals surface area contributed by atoms with Crippen LogP contribution in [0.2, 0.25) is 0 Å². The van der Waals surface area contributed by atoms with E-state index in [1.807, 2.05) is 0 Å². The molecule has 11 heteroatoms. The summed E-state index contributed by atoms with van der Waals surface area (Å²) in [6.45, 7) is 3.01. The summed E-state index contributed by atoms with van der Waals surface area (Å²) < 4.78 is 75.3. The van der Waals surface area contributed by atoms with E-state index in [9.17, 15) is 26.2 Å². The van der Waals surface area contributed by atoms with E-state index in [2.05, 4.69) is 8.71 Å². The van der Waals surface area contributed by atoms with Gasteiger partial charge in [0.1, 0.15) is 0 Å². The van der Waals surface area contributed by atoms with Gasteiger partial charge in [0, 0.05) is 0 Å². The zero-order valence-electron chi connectivity index (χ0n) is 8.97. The topological polar surface area (TPSA) is 89.9 Å². The van der Waals surface area contributed by atoms with Crippen LogP contribution in [0.15, 0.2) is 0 Å². The lowest BCUT2D eigenvalue weighted by Gasteiger charge is -2.16. The third-order valence-corrected chi connectivity index (χ3v) is 3.89. The average molecular weight is 300 g/mol. The van der Waals surface area contributed by atoms with Gasteiger partial charge >= 0.3 is 23.2 Å². The zero-order valence-corrected chi connectivity index (χ0v) is 10.7. The van der Waals surface area contributed by atoms with E-state index in [1.165, 1.54) is 6.92 Å². The summed E-state index contributed by atoms with van der Waals surface area (Å²) in [5.41, 5.74) is -5.64. The van der Waals surface area contributed by atoms with Crippen molar-refractivity contribution in [2.24, 2.45) is 0 Å². The first kappa shape index (κ1) is 16.9. The molecule has 0 aliphatic carbocycles. The molecule has 104 valence electrons. The molecule has 0 amide bonds. The molecule has 0 aromatic heterocycles. The summed E-state index contributed by atoms with van der Waals surface area (Å²) in [7, 11) is -10.4. The van der Waals surface area contributed by atoms with Crippen molar-refractivity contribution >= 4 is 17.7 Å². The lowest BCUT2D eigenvalue weighted by Crippen LogP contribution is -2.26. The first-order chi connectivity index (χ1) is 7.41. The van der Waals surface area contributed by atoms with Crippen LogP contribution in [0, 0.1) is 0 Å². The molecule has 0 bridgehead atoms. The fourth-order valence-electron chi connectivity index (χ4n) is 0.589. The van der Waals surface area contributed by atoms with Gasteiger partial charge in [-0.25, -0.2) is 0 Å². The second kappa shape index (κ2) is 5.66. The lowest BCUT2D eigenvalue weighted by molar-refractivity contribution is -0.0534. The molecule has 0 fully saturated rings. The molecule has 0 saturated heterocycles. The second-order valence-corrected chi connectivity index (χ2v) is 6.46. The van der Waals surface area contributed by atoms with Gasteiger partial charge < -0.3 is 9.42 Å². The van der Waals surface area contributed by atoms with Crippen molar-refractivity contribution in [3.63, 3.8) is 0 Å². The minimum absolute atomic E-state index is 0.330. The average Bonchev–Trinajstić information content (AvgIpc) is 2.12. The van der Waals surface area contributed by atoms with Crippen LogP contribution in [0.4, 0.5) is 13.2 Å². The Morgan fingerprint density at radius 1 is 1.41 bits per heavy atom. The van der Waals surface area contributed by atoms with Crippen molar-refractivity contribution in [1.82, 2.24) is 0 Å². The van der Waals surface area contributed by atoms with E-state index in [-0.39, 0.29) is 0 Å². The molecule has 0 aromatic rings. The number of hydrogen-bond donors (Lipinski definition) is 1. The highest BCUT2D eigenvalue weighted by atomic mass is 32.2. The Morgan fingerprint density at radius 3 is 2.24 bits per heavy atom. The highest BCUT2D eigenvalue weighted by Gasteiger charge is 2.48. The van der Waals surface area contributed by atoms with Crippen LogP contribution in [-0.4, -0.2) is 31.3 Å². The summed E-state index contributed by atoms with van der Waals surface area (Å²) in [6, 6.07) is 0. The van der Waals surface area contributed by atoms with Gasteiger partial charge in [-0.15, -0.1) is 0 Å². The summed E-state index contributed by atoms with van der Waals surface area (Å²) in [5.74, 6) is 0. The largest absolute Gasteiger partial charge is 0.523 e. The first-order valence-electron chi connectivity index (χ1n) is 4.37. The van der Waals surface area contributed by atoms with Crippen LogP contribution in [0.25, 0.3) is 0 Å². The van der Waals surface area contributed by atoms with E-state index in [0.717, 1.165) is 0 Å². The molecule has 0 rings (SSSR count). The van der Waals surface area contributed by atoms with E-state index >= 15 is 0 Å². The van der Waals surface area contributed by atoms with Gasteiger partial charge in [0.15, 0.2) is 6.35 Å². The lowest BCUT2D eigenvalue weighted by atomic mass is 10.3. The molecular weight excluding hydrogens is 288 g/mol. The van der Waals surface area contributed by atoms with E-state index in [0.29, 0.717) is 6.42 Å². The quantitative estimate of drug-likeness (QED) is 0.457. The van der Waals surface area contributed by atoms with Crippen LogP contribution in [0.1, 0.15) is 20.3 Å². The Bertz CT molecular complexity index is 391. The van der Waals surface area contributed by atoms with Crippen LogP contribution >= 0.6 is 7.60 Å². The van der Waals surface area contributed by atoms with Crippen LogP contribution in [-0.2, 0) is 23.4 Å². The van der Waals surface area contributed by atoms with Gasteiger partial charge in [-0.3, -0.25) is 8.75 Å². The molecule has 0 radical (unpaired) electrons. The maximum absolute atomic E-state index is 11.8. The summed E-state index contributed by atoms with van der Waals surface area (Å²) in [5, 5.41) is 0. The second-order valence-electron chi connectivity index (χ2n) is 3.11. The molecule has 17 heavy (non-hydrogen) atoms. The number of halogens is 3. The molecule has 6 nitrogen and oxygen atoms in total. The van der Waals surface area contributed by atoms with Gasteiger partial charge in [-0.1, -0.05) is 6.92 Å². The molecular formula is C6H12F3O6PS. The zero-order chi connectivity index (χ0) is 13.9. The molecule has 0 saturated carbocycles. The SMILES string of the molecule is CCC(C)OP(=O)(O)COS(=O)(=O)C(F)(F)F. The van der Waals surface area contributed by atoms with Gasteiger partial charge in [0.05, 0.1) is 6.10 Å². The fraction of sp³-hybridized carbons (Fsp3) is 1.00. The van der Waals surface area contributed by atoms with Crippen LogP contribution in [0.5, 0.6) is 0 Å². The Morgan fingerprint density at radius 2 is 1.88 bits per heavy atom. The maximum atomic E-state index is 11.8. The molecule has 2 atom stereocenters.